The Kier molecular flexibility index (Phi) is 14.7. The zero-order chi connectivity index (χ0) is 43.8. The molecule has 4 heterocycles. The van der Waals surface area contributed by atoms with E-state index in [0.29, 0.717) is 99.8 Å². The number of piperidine rings is 1. The number of halogens is 2. The Balaban J connectivity index is 0.799. The van der Waals surface area contributed by atoms with Crippen molar-refractivity contribution in [1.82, 2.24) is 25.0 Å². The van der Waals surface area contributed by atoms with Gasteiger partial charge in [-0.3, -0.25) is 34.4 Å². The van der Waals surface area contributed by atoms with E-state index in [1.807, 2.05) is 17.0 Å². The minimum Gasteiger partial charge on any atom is -0.495 e. The standard InChI is InChI=1S/C46H51Cl2N7O7/c1-60-39-25-37(34(47)23-35(39)48)51-44-30(26-49)27-50-36-24-41(40(61-2)22-32(36)44)62-21-9-16-53-17-19-54(20-18-53)43(57)13-7-5-3-4-6-10-29-11-8-12-31-33(29)28-55(46(31)59)38-14-15-42(56)52-45(38)58/h8,11-12,22-25,27,38H,3-7,9-10,13-21,28H2,1-2H3,(H,50,51)(H,52,56,58). The number of imide groups is 1. The number of amides is 4. The molecule has 1 atom stereocenters. The first kappa shape index (κ1) is 44.4. The second-order valence-corrected chi connectivity index (χ2v) is 16.6. The van der Waals surface area contributed by atoms with Crippen LogP contribution in [0.3, 0.4) is 0 Å². The van der Waals surface area contributed by atoms with Crippen molar-refractivity contribution in [2.24, 2.45) is 0 Å². The van der Waals surface area contributed by atoms with Crippen LogP contribution in [0.1, 0.15) is 84.8 Å². The fourth-order valence-corrected chi connectivity index (χ4v) is 8.97. The molecule has 3 aliphatic rings. The molecular weight excluding hydrogens is 833 g/mol. The van der Waals surface area contributed by atoms with E-state index in [1.54, 1.807) is 36.3 Å². The number of nitriles is 1. The van der Waals surface area contributed by atoms with Crippen molar-refractivity contribution in [2.75, 3.05) is 58.9 Å². The molecule has 0 spiro atoms. The van der Waals surface area contributed by atoms with Crippen LogP contribution in [0.25, 0.3) is 10.9 Å². The molecule has 2 N–H and O–H groups in total. The Labute approximate surface area is 371 Å². The lowest BCUT2D eigenvalue weighted by molar-refractivity contribution is -0.137. The normalized spacial score (nSPS) is 16.6. The van der Waals surface area contributed by atoms with Crippen LogP contribution in [0.2, 0.25) is 10.0 Å². The Morgan fingerprint density at radius 3 is 2.47 bits per heavy atom. The predicted octanol–water partition coefficient (Wildman–Crippen LogP) is 7.43. The number of aryl methyl sites for hydroxylation is 1. The number of fused-ring (bicyclic) bond motifs is 2. The topological polar surface area (TPSA) is 166 Å². The van der Waals surface area contributed by atoms with Crippen LogP contribution in [-0.2, 0) is 27.3 Å². The Morgan fingerprint density at radius 2 is 1.71 bits per heavy atom. The maximum Gasteiger partial charge on any atom is 0.255 e. The summed E-state index contributed by atoms with van der Waals surface area (Å²) in [6, 6.07) is 14.2. The molecule has 7 rings (SSSR count). The van der Waals surface area contributed by atoms with Crippen molar-refractivity contribution in [3.8, 4) is 23.3 Å². The first-order chi connectivity index (χ1) is 30.1. The van der Waals surface area contributed by atoms with Gasteiger partial charge in [0, 0.05) is 81.4 Å². The molecule has 0 aliphatic carbocycles. The van der Waals surface area contributed by atoms with E-state index >= 15 is 0 Å². The first-order valence-electron chi connectivity index (χ1n) is 21.2. The number of pyridine rings is 1. The number of benzene rings is 3. The summed E-state index contributed by atoms with van der Waals surface area (Å²) in [5.74, 6) is 0.869. The van der Waals surface area contributed by atoms with Gasteiger partial charge in [-0.2, -0.15) is 5.26 Å². The van der Waals surface area contributed by atoms with Gasteiger partial charge in [0.1, 0.15) is 17.9 Å². The van der Waals surface area contributed by atoms with Gasteiger partial charge in [-0.05, 0) is 61.4 Å². The highest BCUT2D eigenvalue weighted by Crippen LogP contribution is 2.40. The third kappa shape index (κ3) is 10.2. The van der Waals surface area contributed by atoms with Crippen molar-refractivity contribution in [1.29, 1.82) is 5.26 Å². The second-order valence-electron chi connectivity index (χ2n) is 15.8. The van der Waals surface area contributed by atoms with E-state index in [1.165, 1.54) is 13.3 Å². The van der Waals surface area contributed by atoms with E-state index in [9.17, 15) is 24.4 Å². The molecule has 62 heavy (non-hydrogen) atoms. The van der Waals surface area contributed by atoms with Crippen LogP contribution in [0.5, 0.6) is 17.2 Å². The number of nitrogens with zero attached hydrogens (tertiary/aromatic N) is 5. The van der Waals surface area contributed by atoms with Crippen LogP contribution < -0.4 is 24.8 Å². The number of methoxy groups -OCH3 is 2. The average molecular weight is 885 g/mol. The van der Waals surface area contributed by atoms with E-state index in [-0.39, 0.29) is 24.1 Å². The third-order valence-electron chi connectivity index (χ3n) is 11.9. The van der Waals surface area contributed by atoms with Crippen molar-refractivity contribution >= 4 is 69.1 Å². The van der Waals surface area contributed by atoms with Gasteiger partial charge in [0.05, 0.1) is 53.3 Å². The number of carbonyl (C=O) groups is 4. The molecule has 0 saturated carbocycles. The lowest BCUT2D eigenvalue weighted by atomic mass is 9.98. The quantitative estimate of drug-likeness (QED) is 0.0754. The molecule has 4 aromatic rings. The summed E-state index contributed by atoms with van der Waals surface area (Å²) in [6.07, 6.45) is 9.21. The van der Waals surface area contributed by atoms with E-state index < -0.39 is 11.9 Å². The van der Waals surface area contributed by atoms with E-state index in [0.717, 1.165) is 75.7 Å². The summed E-state index contributed by atoms with van der Waals surface area (Å²) in [4.78, 5) is 60.7. The monoisotopic (exact) mass is 883 g/mol. The number of hydrogen-bond donors (Lipinski definition) is 2. The summed E-state index contributed by atoms with van der Waals surface area (Å²) in [5.41, 5.74) is 4.73. The van der Waals surface area contributed by atoms with E-state index in [2.05, 4.69) is 32.7 Å². The van der Waals surface area contributed by atoms with Crippen LogP contribution >= 0.6 is 23.2 Å². The van der Waals surface area contributed by atoms with Gasteiger partial charge in [-0.25, -0.2) is 0 Å². The molecule has 326 valence electrons. The number of hydrogen-bond acceptors (Lipinski definition) is 11. The number of unbranched alkanes of at least 4 members (excludes halogenated alkanes) is 4. The molecule has 3 aromatic carbocycles. The third-order valence-corrected chi connectivity index (χ3v) is 12.5. The van der Waals surface area contributed by atoms with Gasteiger partial charge < -0.3 is 29.3 Å². The molecule has 2 saturated heterocycles. The molecule has 1 aromatic heterocycles. The maximum absolute atomic E-state index is 13.1. The molecule has 0 bridgehead atoms. The van der Waals surface area contributed by atoms with Crippen LogP contribution in [0, 0.1) is 11.3 Å². The molecule has 1 unspecified atom stereocenters. The predicted molar refractivity (Wildman–Crippen MR) is 236 cm³/mol. The highest BCUT2D eigenvalue weighted by atomic mass is 35.5. The lowest BCUT2D eigenvalue weighted by Crippen LogP contribution is -2.52. The second kappa shape index (κ2) is 20.5. The number of ether oxygens (including phenoxy) is 3. The summed E-state index contributed by atoms with van der Waals surface area (Å²) < 4.78 is 17.2. The highest BCUT2D eigenvalue weighted by molar-refractivity contribution is 6.37. The SMILES string of the molecule is COc1cc(Nc2c(C#N)cnc3cc(OCCCN4CCN(C(=O)CCCCCCCc5cccc6c5CN(C5CCC(=O)NC5=O)C6=O)CC4)c(OC)cc23)c(Cl)cc1Cl. The fourth-order valence-electron chi connectivity index (χ4n) is 8.46. The number of carbonyl (C=O) groups excluding carboxylic acids is 4. The minimum atomic E-state index is -0.609. The molecule has 14 nitrogen and oxygen atoms in total. The summed E-state index contributed by atoms with van der Waals surface area (Å²) in [7, 11) is 3.08. The average Bonchev–Trinajstić information content (AvgIpc) is 3.61. The summed E-state index contributed by atoms with van der Waals surface area (Å²) in [6.45, 7) is 4.74. The van der Waals surface area contributed by atoms with Gasteiger partial charge in [-0.1, -0.05) is 54.6 Å². The number of anilines is 2. The van der Waals surface area contributed by atoms with Crippen molar-refractivity contribution in [2.45, 2.75) is 76.8 Å². The van der Waals surface area contributed by atoms with Gasteiger partial charge >= 0.3 is 0 Å². The van der Waals surface area contributed by atoms with Crippen LogP contribution in [0.4, 0.5) is 11.4 Å². The van der Waals surface area contributed by atoms with Crippen LogP contribution in [-0.4, -0.2) is 103 Å². The largest absolute Gasteiger partial charge is 0.495 e. The van der Waals surface area contributed by atoms with Crippen molar-refractivity contribution < 1.29 is 33.4 Å². The number of nitrogens with one attached hydrogen (secondary N) is 2. The molecule has 16 heteroatoms. The van der Waals surface area contributed by atoms with Gasteiger partial charge in [0.25, 0.3) is 5.91 Å². The van der Waals surface area contributed by atoms with Gasteiger partial charge in [0.2, 0.25) is 17.7 Å². The maximum atomic E-state index is 13.1. The Bertz CT molecular complexity index is 2380. The number of aromatic nitrogens is 1. The zero-order valence-corrected chi connectivity index (χ0v) is 36.6. The molecule has 3 aliphatic heterocycles. The van der Waals surface area contributed by atoms with Crippen molar-refractivity contribution in [3.05, 3.63) is 81.0 Å². The van der Waals surface area contributed by atoms with Gasteiger partial charge in [0.15, 0.2) is 11.5 Å². The number of rotatable bonds is 18. The molecule has 4 amide bonds. The van der Waals surface area contributed by atoms with Crippen LogP contribution in [0.15, 0.2) is 48.7 Å². The lowest BCUT2D eigenvalue weighted by Gasteiger charge is -2.34. The summed E-state index contributed by atoms with van der Waals surface area (Å²) in [5, 5.41) is 16.9. The van der Waals surface area contributed by atoms with Crippen molar-refractivity contribution in [3.63, 3.8) is 0 Å². The molecule has 0 radical (unpaired) electrons. The Hall–Kier alpha value is -5.62. The summed E-state index contributed by atoms with van der Waals surface area (Å²) >= 11 is 12.7. The van der Waals surface area contributed by atoms with Gasteiger partial charge in [-0.15, -0.1) is 0 Å². The smallest absolute Gasteiger partial charge is 0.255 e. The van der Waals surface area contributed by atoms with E-state index in [4.69, 9.17) is 37.4 Å². The number of piperazine rings is 1. The molecular formula is C46H51Cl2N7O7. The fraction of sp³-hybridized carbons (Fsp3) is 0.435. The zero-order valence-electron chi connectivity index (χ0n) is 35.1. The minimum absolute atomic E-state index is 0.141. The Morgan fingerprint density at radius 1 is 0.935 bits per heavy atom. The highest BCUT2D eigenvalue weighted by Gasteiger charge is 2.39. The first-order valence-corrected chi connectivity index (χ1v) is 21.9. The molecule has 2 fully saturated rings.